The number of thiophene rings is 1. The fourth-order valence-electron chi connectivity index (χ4n) is 1.24. The van der Waals surface area contributed by atoms with Crippen molar-refractivity contribution >= 4 is 11.3 Å². The van der Waals surface area contributed by atoms with Crippen LogP contribution >= 0.6 is 11.3 Å². The van der Waals surface area contributed by atoms with Crippen LogP contribution in [0.25, 0.3) is 0 Å². The fraction of sp³-hybridized carbons (Fsp3) is 0.556. The maximum Gasteiger partial charge on any atom is 0.189 e. The summed E-state index contributed by atoms with van der Waals surface area (Å²) in [6.45, 7) is 1.67. The summed E-state index contributed by atoms with van der Waals surface area (Å²) in [5.41, 5.74) is -0.282. The van der Waals surface area contributed by atoms with Gasteiger partial charge in [-0.25, -0.2) is 0 Å². The molecule has 1 heterocycles. The molecule has 0 fully saturated rings. The lowest BCUT2D eigenvalue weighted by Gasteiger charge is -2.29. The molecule has 1 rings (SSSR count). The lowest BCUT2D eigenvalue weighted by atomic mass is 9.99. The van der Waals surface area contributed by atoms with Crippen molar-refractivity contribution in [3.63, 3.8) is 0 Å². The Balaban J connectivity index is 2.86. The van der Waals surface area contributed by atoms with Gasteiger partial charge in [0, 0.05) is 14.2 Å². The minimum absolute atomic E-state index is 0.637. The van der Waals surface area contributed by atoms with E-state index in [1.165, 1.54) is 25.6 Å². The average molecular weight is 202 g/mol. The van der Waals surface area contributed by atoms with Crippen LogP contribution in [0.2, 0.25) is 0 Å². The van der Waals surface area contributed by atoms with Gasteiger partial charge in [-0.3, -0.25) is 0 Å². The van der Waals surface area contributed by atoms with Crippen LogP contribution in [0.5, 0.6) is 0 Å². The van der Waals surface area contributed by atoms with Gasteiger partial charge in [-0.05, 0) is 29.3 Å². The highest BCUT2D eigenvalue weighted by Crippen LogP contribution is 2.28. The van der Waals surface area contributed by atoms with Crippen molar-refractivity contribution in [3.05, 3.63) is 22.4 Å². The second-order valence-electron chi connectivity index (χ2n) is 2.96. The van der Waals surface area contributed by atoms with E-state index in [1.54, 1.807) is 6.92 Å². The third-order valence-corrected chi connectivity index (χ3v) is 2.68. The quantitative estimate of drug-likeness (QED) is 0.753. The summed E-state index contributed by atoms with van der Waals surface area (Å²) in [5.74, 6) is 0. The third-order valence-electron chi connectivity index (χ3n) is 1.99. The van der Waals surface area contributed by atoms with Crippen LogP contribution in [-0.4, -0.2) is 25.6 Å². The van der Waals surface area contributed by atoms with E-state index in [-0.39, 0.29) is 0 Å². The zero-order chi connectivity index (χ0) is 9.90. The number of rotatable bonds is 4. The SMILES string of the molecule is COC(OC)C(C)(O)c1ccsc1. The van der Waals surface area contributed by atoms with Crippen molar-refractivity contribution in [1.29, 1.82) is 0 Å². The lowest BCUT2D eigenvalue weighted by Crippen LogP contribution is -2.38. The third kappa shape index (κ3) is 2.08. The second kappa shape index (κ2) is 4.19. The van der Waals surface area contributed by atoms with Gasteiger partial charge in [0.1, 0.15) is 5.60 Å². The molecule has 3 nitrogen and oxygen atoms in total. The molecule has 1 N–H and O–H groups in total. The van der Waals surface area contributed by atoms with Crippen molar-refractivity contribution in [2.45, 2.75) is 18.8 Å². The Kier molecular flexibility index (Phi) is 3.44. The molecule has 1 unspecified atom stereocenters. The van der Waals surface area contributed by atoms with E-state index < -0.39 is 11.9 Å². The lowest BCUT2D eigenvalue weighted by molar-refractivity contribution is -0.212. The molecule has 0 aliphatic heterocycles. The Hall–Kier alpha value is -0.420. The Morgan fingerprint density at radius 2 is 2.08 bits per heavy atom. The van der Waals surface area contributed by atoms with Crippen molar-refractivity contribution in [1.82, 2.24) is 0 Å². The van der Waals surface area contributed by atoms with Crippen LogP contribution in [0.15, 0.2) is 16.8 Å². The summed E-state index contributed by atoms with van der Waals surface area (Å²) < 4.78 is 10.0. The monoisotopic (exact) mass is 202 g/mol. The first-order chi connectivity index (χ1) is 6.12. The van der Waals surface area contributed by atoms with Gasteiger partial charge in [-0.15, -0.1) is 0 Å². The first kappa shape index (κ1) is 10.7. The maximum absolute atomic E-state index is 10.1. The highest BCUT2D eigenvalue weighted by Gasteiger charge is 2.34. The van der Waals surface area contributed by atoms with Crippen molar-refractivity contribution in [3.8, 4) is 0 Å². The van der Waals surface area contributed by atoms with Gasteiger partial charge in [-0.1, -0.05) is 0 Å². The minimum atomic E-state index is -1.09. The topological polar surface area (TPSA) is 38.7 Å². The molecule has 1 aromatic rings. The molecule has 4 heteroatoms. The van der Waals surface area contributed by atoms with E-state index in [2.05, 4.69) is 0 Å². The number of aliphatic hydroxyl groups is 1. The zero-order valence-corrected chi connectivity index (χ0v) is 8.80. The number of hydrogen-bond acceptors (Lipinski definition) is 4. The van der Waals surface area contributed by atoms with Crippen LogP contribution in [0.4, 0.5) is 0 Å². The van der Waals surface area contributed by atoms with Gasteiger partial charge in [-0.2, -0.15) is 11.3 Å². The Labute approximate surface area is 81.9 Å². The van der Waals surface area contributed by atoms with Gasteiger partial charge in [0.25, 0.3) is 0 Å². The molecule has 0 saturated heterocycles. The second-order valence-corrected chi connectivity index (χ2v) is 3.74. The van der Waals surface area contributed by atoms with Crippen molar-refractivity contribution in [2.24, 2.45) is 0 Å². The molecule has 0 aromatic carbocycles. The highest BCUT2D eigenvalue weighted by molar-refractivity contribution is 7.08. The van der Waals surface area contributed by atoms with E-state index in [9.17, 15) is 5.11 Å². The van der Waals surface area contributed by atoms with E-state index in [1.807, 2.05) is 16.8 Å². The van der Waals surface area contributed by atoms with Crippen LogP contribution in [-0.2, 0) is 15.1 Å². The first-order valence-electron chi connectivity index (χ1n) is 3.93. The molecule has 74 valence electrons. The van der Waals surface area contributed by atoms with Crippen LogP contribution in [0, 0.1) is 0 Å². The predicted octanol–water partition coefficient (Wildman–Crippen LogP) is 1.57. The molecule has 1 aromatic heterocycles. The fourth-order valence-corrected chi connectivity index (χ4v) is 2.01. The van der Waals surface area contributed by atoms with E-state index in [0.29, 0.717) is 0 Å². The molecular formula is C9H14O3S. The van der Waals surface area contributed by atoms with Gasteiger partial charge in [0.15, 0.2) is 6.29 Å². The summed E-state index contributed by atoms with van der Waals surface area (Å²) in [6, 6.07) is 1.86. The smallest absolute Gasteiger partial charge is 0.189 e. The Bertz CT molecular complexity index is 239. The van der Waals surface area contributed by atoms with E-state index in [4.69, 9.17) is 9.47 Å². The van der Waals surface area contributed by atoms with Crippen LogP contribution < -0.4 is 0 Å². The highest BCUT2D eigenvalue weighted by atomic mass is 32.1. The normalized spacial score (nSPS) is 16.1. The van der Waals surface area contributed by atoms with E-state index in [0.717, 1.165) is 5.56 Å². The van der Waals surface area contributed by atoms with Gasteiger partial charge in [0.05, 0.1) is 0 Å². The zero-order valence-electron chi connectivity index (χ0n) is 7.98. The van der Waals surface area contributed by atoms with Gasteiger partial charge < -0.3 is 14.6 Å². The summed E-state index contributed by atoms with van der Waals surface area (Å²) >= 11 is 1.53. The molecular weight excluding hydrogens is 188 g/mol. The summed E-state index contributed by atoms with van der Waals surface area (Å²) in [7, 11) is 3.02. The van der Waals surface area contributed by atoms with Gasteiger partial charge >= 0.3 is 0 Å². The molecule has 0 amide bonds. The number of ether oxygens (including phenoxy) is 2. The summed E-state index contributed by atoms with van der Waals surface area (Å²) in [5, 5.41) is 13.9. The minimum Gasteiger partial charge on any atom is -0.380 e. The van der Waals surface area contributed by atoms with Crippen LogP contribution in [0.3, 0.4) is 0 Å². The van der Waals surface area contributed by atoms with Crippen molar-refractivity contribution < 1.29 is 14.6 Å². The standard InChI is InChI=1S/C9H14O3S/c1-9(10,8(11-2)12-3)7-4-5-13-6-7/h4-6,8,10H,1-3H3. The molecule has 0 aliphatic rings. The molecule has 13 heavy (non-hydrogen) atoms. The van der Waals surface area contributed by atoms with Crippen LogP contribution in [0.1, 0.15) is 12.5 Å². The number of hydrogen-bond donors (Lipinski definition) is 1. The summed E-state index contributed by atoms with van der Waals surface area (Å²) in [6.07, 6.45) is -0.637. The van der Waals surface area contributed by atoms with Crippen molar-refractivity contribution in [2.75, 3.05) is 14.2 Å². The first-order valence-corrected chi connectivity index (χ1v) is 4.88. The Morgan fingerprint density at radius 1 is 1.46 bits per heavy atom. The molecule has 0 aliphatic carbocycles. The molecule has 0 spiro atoms. The summed E-state index contributed by atoms with van der Waals surface area (Å²) in [4.78, 5) is 0. The molecule has 0 bridgehead atoms. The Morgan fingerprint density at radius 3 is 2.46 bits per heavy atom. The average Bonchev–Trinajstić information content (AvgIpc) is 2.58. The van der Waals surface area contributed by atoms with Gasteiger partial charge in [0.2, 0.25) is 0 Å². The predicted molar refractivity (Wildman–Crippen MR) is 51.7 cm³/mol. The number of methoxy groups -OCH3 is 2. The maximum atomic E-state index is 10.1. The molecule has 0 saturated carbocycles. The largest absolute Gasteiger partial charge is 0.380 e. The molecule has 1 atom stereocenters. The van der Waals surface area contributed by atoms with E-state index >= 15 is 0 Å². The molecule has 0 radical (unpaired) electrons.